The molecule has 1 unspecified atom stereocenters. The summed E-state index contributed by atoms with van der Waals surface area (Å²) in [5.41, 5.74) is 9.09. The third-order valence-electron chi connectivity index (χ3n) is 8.87. The Morgan fingerprint density at radius 3 is 1.26 bits per heavy atom. The monoisotopic (exact) mass is 630 g/mol. The standard InChI is InChI=1S/C20H20O2.C19H18O2.2C2H6/c1-13(21)11-15(14(2)22)12-20-18-9-5-3-7-16(18)17-8-4-6-10-19(17)20;1-13(20)11-19(12-14(2)21)17-9-5-3-7-15(17)16-8-4-6-10-18(16)19;2*1-2/h3-10,15,20H,11-12H2,1-2H3;3-10H,11-12H2,1-2H3;2*1-2H3. The van der Waals surface area contributed by atoms with Gasteiger partial charge in [-0.1, -0.05) is 125 Å². The van der Waals surface area contributed by atoms with Crippen LogP contribution in [0.4, 0.5) is 0 Å². The number of fused-ring (bicyclic) bond motifs is 6. The van der Waals surface area contributed by atoms with Crippen LogP contribution >= 0.6 is 0 Å². The van der Waals surface area contributed by atoms with Gasteiger partial charge in [-0.3, -0.25) is 14.4 Å². The Morgan fingerprint density at radius 2 is 0.894 bits per heavy atom. The second kappa shape index (κ2) is 16.9. The molecule has 0 aliphatic heterocycles. The number of Topliss-reactive ketones (excluding diaryl/α,β-unsaturated/α-hetero) is 4. The van der Waals surface area contributed by atoms with Gasteiger partial charge in [0.25, 0.3) is 0 Å². The summed E-state index contributed by atoms with van der Waals surface area (Å²) in [5.74, 6) is 0.435. The lowest BCUT2D eigenvalue weighted by molar-refractivity contribution is -0.126. The van der Waals surface area contributed by atoms with Crippen LogP contribution in [0.3, 0.4) is 0 Å². The van der Waals surface area contributed by atoms with Crippen molar-refractivity contribution in [3.63, 3.8) is 0 Å². The highest BCUT2D eigenvalue weighted by Gasteiger charge is 2.44. The number of hydrogen-bond donors (Lipinski definition) is 0. The molecular weight excluding hydrogens is 580 g/mol. The van der Waals surface area contributed by atoms with E-state index < -0.39 is 5.41 Å². The van der Waals surface area contributed by atoms with E-state index in [-0.39, 0.29) is 35.0 Å². The Kier molecular flexibility index (Phi) is 13.3. The molecule has 0 fully saturated rings. The summed E-state index contributed by atoms with van der Waals surface area (Å²) in [4.78, 5) is 47.2. The van der Waals surface area contributed by atoms with E-state index in [4.69, 9.17) is 0 Å². The van der Waals surface area contributed by atoms with Gasteiger partial charge in [-0.25, -0.2) is 0 Å². The Balaban J connectivity index is 0.000000231. The number of carbonyl (C=O) groups is 4. The van der Waals surface area contributed by atoms with Crippen LogP contribution in [0.15, 0.2) is 97.1 Å². The smallest absolute Gasteiger partial charge is 0.133 e. The van der Waals surface area contributed by atoms with E-state index in [9.17, 15) is 19.2 Å². The highest BCUT2D eigenvalue weighted by atomic mass is 16.1. The zero-order valence-corrected chi connectivity index (χ0v) is 29.4. The van der Waals surface area contributed by atoms with Crippen molar-refractivity contribution in [1.29, 1.82) is 0 Å². The largest absolute Gasteiger partial charge is 0.300 e. The molecule has 1 atom stereocenters. The van der Waals surface area contributed by atoms with Crippen LogP contribution in [0.5, 0.6) is 0 Å². The highest BCUT2D eigenvalue weighted by Crippen LogP contribution is 2.53. The molecule has 0 aromatic heterocycles. The van der Waals surface area contributed by atoms with Crippen molar-refractivity contribution < 1.29 is 19.2 Å². The van der Waals surface area contributed by atoms with Gasteiger partial charge in [-0.15, -0.1) is 0 Å². The molecule has 4 heteroatoms. The molecule has 4 aromatic carbocycles. The molecule has 0 amide bonds. The molecular formula is C43H50O4. The molecule has 2 aliphatic rings. The predicted octanol–water partition coefficient (Wildman–Crippen LogP) is 10.3. The van der Waals surface area contributed by atoms with Crippen LogP contribution in [-0.2, 0) is 24.6 Å². The maximum atomic E-state index is 11.9. The quantitative estimate of drug-likeness (QED) is 0.185. The highest BCUT2D eigenvalue weighted by molar-refractivity contribution is 5.90. The van der Waals surface area contributed by atoms with Crippen LogP contribution in [-0.4, -0.2) is 23.1 Å². The Hall–Kier alpha value is -4.44. The maximum absolute atomic E-state index is 11.9. The normalized spacial score (nSPS) is 13.4. The summed E-state index contributed by atoms with van der Waals surface area (Å²) in [5, 5.41) is 0. The fourth-order valence-electron chi connectivity index (χ4n) is 7.25. The second-order valence-corrected chi connectivity index (χ2v) is 12.1. The topological polar surface area (TPSA) is 68.3 Å². The summed E-state index contributed by atoms with van der Waals surface area (Å²) >= 11 is 0. The molecule has 0 bridgehead atoms. The molecule has 4 nitrogen and oxygen atoms in total. The van der Waals surface area contributed by atoms with Crippen molar-refractivity contribution >= 4 is 23.1 Å². The van der Waals surface area contributed by atoms with Gasteiger partial charge in [0.1, 0.15) is 23.1 Å². The molecule has 6 rings (SSSR count). The minimum absolute atomic E-state index is 0.0831. The van der Waals surface area contributed by atoms with Gasteiger partial charge in [0.2, 0.25) is 0 Å². The summed E-state index contributed by atoms with van der Waals surface area (Å²) in [6, 6.07) is 33.0. The SMILES string of the molecule is CC.CC.CC(=O)CC(CC1c2ccccc2-c2ccccc21)C(C)=O.CC(=O)CC1(CC(C)=O)c2ccccc2-c2ccccc21. The average Bonchev–Trinajstić information content (AvgIpc) is 3.52. The minimum Gasteiger partial charge on any atom is -0.300 e. The third kappa shape index (κ3) is 8.11. The first-order valence-electron chi connectivity index (χ1n) is 17.0. The first-order valence-corrected chi connectivity index (χ1v) is 17.0. The molecule has 0 N–H and O–H groups in total. The fraction of sp³-hybridized carbons (Fsp3) is 0.349. The van der Waals surface area contributed by atoms with Crippen molar-refractivity contribution in [3.8, 4) is 22.3 Å². The van der Waals surface area contributed by atoms with E-state index in [0.29, 0.717) is 25.7 Å². The molecule has 246 valence electrons. The molecule has 47 heavy (non-hydrogen) atoms. The van der Waals surface area contributed by atoms with E-state index in [1.807, 2.05) is 64.1 Å². The Morgan fingerprint density at radius 1 is 0.532 bits per heavy atom. The van der Waals surface area contributed by atoms with E-state index in [0.717, 1.165) is 22.3 Å². The predicted molar refractivity (Wildman–Crippen MR) is 194 cm³/mol. The van der Waals surface area contributed by atoms with Gasteiger partial charge in [0.05, 0.1) is 0 Å². The summed E-state index contributed by atoms with van der Waals surface area (Å²) in [6.45, 7) is 14.4. The average molecular weight is 631 g/mol. The van der Waals surface area contributed by atoms with Gasteiger partial charge >= 0.3 is 0 Å². The molecule has 0 radical (unpaired) electrons. The Labute approximate surface area is 281 Å². The number of rotatable bonds is 9. The van der Waals surface area contributed by atoms with Gasteiger partial charge in [-0.2, -0.15) is 0 Å². The first-order chi connectivity index (χ1) is 22.6. The summed E-state index contributed by atoms with van der Waals surface area (Å²) in [7, 11) is 0. The van der Waals surface area contributed by atoms with Crippen molar-refractivity contribution in [2.75, 3.05) is 0 Å². The fourth-order valence-corrected chi connectivity index (χ4v) is 7.25. The van der Waals surface area contributed by atoms with Crippen LogP contribution in [0.25, 0.3) is 22.3 Å². The molecule has 0 saturated heterocycles. The zero-order chi connectivity index (χ0) is 34.7. The number of hydrogen-bond acceptors (Lipinski definition) is 4. The maximum Gasteiger partial charge on any atom is 0.133 e. The lowest BCUT2D eigenvalue weighted by atomic mass is 9.71. The molecule has 2 aliphatic carbocycles. The molecule has 0 heterocycles. The number of benzene rings is 4. The third-order valence-corrected chi connectivity index (χ3v) is 8.87. The van der Waals surface area contributed by atoms with Crippen LogP contribution in [0.1, 0.15) is 109 Å². The van der Waals surface area contributed by atoms with E-state index in [2.05, 4.69) is 60.7 Å². The first kappa shape index (κ1) is 37.0. The number of carbonyl (C=O) groups excluding carboxylic acids is 4. The van der Waals surface area contributed by atoms with Crippen molar-refractivity contribution in [2.45, 2.75) is 92.4 Å². The van der Waals surface area contributed by atoms with Crippen molar-refractivity contribution in [3.05, 3.63) is 119 Å². The van der Waals surface area contributed by atoms with E-state index >= 15 is 0 Å². The van der Waals surface area contributed by atoms with Gasteiger partial charge < -0.3 is 4.79 Å². The minimum atomic E-state index is -0.495. The van der Waals surface area contributed by atoms with E-state index in [1.54, 1.807) is 27.7 Å². The van der Waals surface area contributed by atoms with Crippen LogP contribution in [0, 0.1) is 5.92 Å². The van der Waals surface area contributed by atoms with Crippen molar-refractivity contribution in [2.24, 2.45) is 5.92 Å². The second-order valence-electron chi connectivity index (χ2n) is 12.1. The van der Waals surface area contributed by atoms with Gasteiger partial charge in [0, 0.05) is 36.5 Å². The molecule has 0 spiro atoms. The van der Waals surface area contributed by atoms with E-state index in [1.165, 1.54) is 22.3 Å². The van der Waals surface area contributed by atoms with Crippen molar-refractivity contribution in [1.82, 2.24) is 0 Å². The van der Waals surface area contributed by atoms with Crippen LogP contribution in [0.2, 0.25) is 0 Å². The lowest BCUT2D eigenvalue weighted by Gasteiger charge is -2.30. The number of ketones is 4. The zero-order valence-electron chi connectivity index (χ0n) is 29.4. The summed E-state index contributed by atoms with van der Waals surface area (Å²) < 4.78 is 0. The van der Waals surface area contributed by atoms with Gasteiger partial charge in [-0.05, 0) is 78.6 Å². The summed E-state index contributed by atoms with van der Waals surface area (Å²) in [6.07, 6.45) is 1.81. The Bertz CT molecular complexity index is 1600. The van der Waals surface area contributed by atoms with Crippen LogP contribution < -0.4 is 0 Å². The lowest BCUT2D eigenvalue weighted by Crippen LogP contribution is -2.30. The molecule has 4 aromatic rings. The van der Waals surface area contributed by atoms with Gasteiger partial charge in [0.15, 0.2) is 0 Å². The molecule has 0 saturated carbocycles.